The zero-order valence-corrected chi connectivity index (χ0v) is 13.1. The van der Waals surface area contributed by atoms with E-state index in [1.807, 2.05) is 9.80 Å². The normalized spacial score (nSPS) is 30.6. The molecule has 0 saturated carbocycles. The monoisotopic (exact) mass is 280 g/mol. The van der Waals surface area contributed by atoms with E-state index < -0.39 is 0 Å². The van der Waals surface area contributed by atoms with Crippen molar-refractivity contribution in [1.29, 1.82) is 0 Å². The molecule has 4 nitrogen and oxygen atoms in total. The number of hydrogen-bond donors (Lipinski definition) is 0. The van der Waals surface area contributed by atoms with Crippen LogP contribution in [0.25, 0.3) is 0 Å². The molecule has 0 radical (unpaired) electrons. The van der Waals surface area contributed by atoms with Gasteiger partial charge in [0, 0.05) is 37.5 Å². The van der Waals surface area contributed by atoms with Gasteiger partial charge in [0.2, 0.25) is 11.8 Å². The highest BCUT2D eigenvalue weighted by Crippen LogP contribution is 2.24. The number of likely N-dealkylation sites (tertiary alicyclic amines) is 2. The predicted molar refractivity (Wildman–Crippen MR) is 79.3 cm³/mol. The molecule has 0 bridgehead atoms. The van der Waals surface area contributed by atoms with Gasteiger partial charge in [-0.1, -0.05) is 0 Å². The SMILES string of the molecule is CC1CCCC(C)N1C(=O)CCC(=O)N1CCC[C@H]1C. The van der Waals surface area contributed by atoms with Gasteiger partial charge in [0.05, 0.1) is 0 Å². The highest BCUT2D eigenvalue weighted by molar-refractivity contribution is 5.84. The molecule has 2 aliphatic rings. The summed E-state index contributed by atoms with van der Waals surface area (Å²) in [6.07, 6.45) is 6.33. The van der Waals surface area contributed by atoms with Crippen LogP contribution in [0.5, 0.6) is 0 Å². The second-order valence-corrected chi connectivity index (χ2v) is 6.51. The second kappa shape index (κ2) is 6.59. The van der Waals surface area contributed by atoms with Crippen molar-refractivity contribution in [2.75, 3.05) is 6.54 Å². The number of amides is 2. The van der Waals surface area contributed by atoms with Crippen molar-refractivity contribution in [3.8, 4) is 0 Å². The first-order valence-electron chi connectivity index (χ1n) is 8.11. The number of carbonyl (C=O) groups is 2. The molecule has 0 aromatic heterocycles. The lowest BCUT2D eigenvalue weighted by Gasteiger charge is -2.39. The van der Waals surface area contributed by atoms with Gasteiger partial charge in [-0.15, -0.1) is 0 Å². The standard InChI is InChI=1S/C16H28N2O2/c1-12-8-5-11-17(12)15(19)9-10-16(20)18-13(2)6-4-7-14(18)3/h12-14H,4-11H2,1-3H3/t12-,13?,14?/m1/s1. The minimum Gasteiger partial charge on any atom is -0.340 e. The number of rotatable bonds is 3. The number of nitrogens with zero attached hydrogens (tertiary/aromatic N) is 2. The lowest BCUT2D eigenvalue weighted by Crippen LogP contribution is -2.47. The molecule has 2 fully saturated rings. The van der Waals surface area contributed by atoms with Crippen LogP contribution in [0.15, 0.2) is 0 Å². The highest BCUT2D eigenvalue weighted by Gasteiger charge is 2.30. The average Bonchev–Trinajstić information content (AvgIpc) is 2.82. The van der Waals surface area contributed by atoms with Crippen molar-refractivity contribution in [2.45, 2.75) is 83.8 Å². The van der Waals surface area contributed by atoms with E-state index in [-0.39, 0.29) is 11.8 Å². The molecule has 2 saturated heterocycles. The summed E-state index contributed by atoms with van der Waals surface area (Å²) in [4.78, 5) is 28.5. The Bertz CT molecular complexity index is 359. The van der Waals surface area contributed by atoms with Gasteiger partial charge in [0.25, 0.3) is 0 Å². The van der Waals surface area contributed by atoms with Gasteiger partial charge in [-0.05, 0) is 52.9 Å². The van der Waals surface area contributed by atoms with E-state index in [1.165, 1.54) is 6.42 Å². The molecule has 3 atom stereocenters. The largest absolute Gasteiger partial charge is 0.340 e. The number of carbonyl (C=O) groups excluding carboxylic acids is 2. The van der Waals surface area contributed by atoms with Crippen molar-refractivity contribution >= 4 is 11.8 Å². The van der Waals surface area contributed by atoms with Crippen molar-refractivity contribution in [1.82, 2.24) is 9.80 Å². The first-order chi connectivity index (χ1) is 9.50. The van der Waals surface area contributed by atoms with E-state index >= 15 is 0 Å². The maximum Gasteiger partial charge on any atom is 0.223 e. The van der Waals surface area contributed by atoms with Crippen molar-refractivity contribution in [3.63, 3.8) is 0 Å². The maximum atomic E-state index is 12.4. The molecular formula is C16H28N2O2. The molecule has 0 aromatic carbocycles. The third-order valence-electron chi connectivity index (χ3n) is 4.91. The Morgan fingerprint density at radius 2 is 1.40 bits per heavy atom. The second-order valence-electron chi connectivity index (χ2n) is 6.51. The smallest absolute Gasteiger partial charge is 0.223 e. The Labute approximate surface area is 122 Å². The minimum atomic E-state index is 0.153. The van der Waals surface area contributed by atoms with E-state index in [4.69, 9.17) is 0 Å². The van der Waals surface area contributed by atoms with Gasteiger partial charge in [-0.3, -0.25) is 9.59 Å². The summed E-state index contributed by atoms with van der Waals surface area (Å²) < 4.78 is 0. The van der Waals surface area contributed by atoms with Crippen LogP contribution >= 0.6 is 0 Å². The summed E-state index contributed by atoms with van der Waals surface area (Å²) in [5.74, 6) is 0.311. The van der Waals surface area contributed by atoms with Crippen LogP contribution in [-0.4, -0.2) is 46.3 Å². The summed E-state index contributed by atoms with van der Waals surface area (Å²) in [6.45, 7) is 7.21. The van der Waals surface area contributed by atoms with Gasteiger partial charge in [-0.2, -0.15) is 0 Å². The fraction of sp³-hybridized carbons (Fsp3) is 0.875. The van der Waals surface area contributed by atoms with Crippen LogP contribution in [0.2, 0.25) is 0 Å². The molecule has 20 heavy (non-hydrogen) atoms. The molecule has 2 rings (SSSR count). The predicted octanol–water partition coefficient (Wildman–Crippen LogP) is 2.57. The Morgan fingerprint density at radius 1 is 0.850 bits per heavy atom. The van der Waals surface area contributed by atoms with E-state index in [2.05, 4.69) is 20.8 Å². The average molecular weight is 280 g/mol. The summed E-state index contributed by atoms with van der Waals surface area (Å²) >= 11 is 0. The van der Waals surface area contributed by atoms with E-state index in [0.717, 1.165) is 32.2 Å². The summed E-state index contributed by atoms with van der Waals surface area (Å²) in [5.41, 5.74) is 0. The zero-order chi connectivity index (χ0) is 14.7. The number of hydrogen-bond acceptors (Lipinski definition) is 2. The third-order valence-corrected chi connectivity index (χ3v) is 4.91. The molecule has 0 N–H and O–H groups in total. The molecule has 0 spiro atoms. The molecule has 2 aliphatic heterocycles. The quantitative estimate of drug-likeness (QED) is 0.797. The van der Waals surface area contributed by atoms with Crippen LogP contribution < -0.4 is 0 Å². The molecule has 4 heteroatoms. The highest BCUT2D eigenvalue weighted by atomic mass is 16.2. The molecule has 2 amide bonds. The van der Waals surface area contributed by atoms with E-state index in [1.54, 1.807) is 0 Å². The van der Waals surface area contributed by atoms with Crippen LogP contribution in [0.4, 0.5) is 0 Å². The van der Waals surface area contributed by atoms with Gasteiger partial charge < -0.3 is 9.80 Å². The van der Waals surface area contributed by atoms with Gasteiger partial charge in [0.1, 0.15) is 0 Å². The van der Waals surface area contributed by atoms with Gasteiger partial charge >= 0.3 is 0 Å². The van der Waals surface area contributed by atoms with Crippen LogP contribution in [0.3, 0.4) is 0 Å². The van der Waals surface area contributed by atoms with Crippen molar-refractivity contribution in [2.24, 2.45) is 0 Å². The Kier molecular flexibility index (Phi) is 5.06. The fourth-order valence-corrected chi connectivity index (χ4v) is 3.70. The topological polar surface area (TPSA) is 40.6 Å². The molecule has 0 aliphatic carbocycles. The van der Waals surface area contributed by atoms with Gasteiger partial charge in [0.15, 0.2) is 0 Å². The van der Waals surface area contributed by atoms with Crippen LogP contribution in [-0.2, 0) is 9.59 Å². The fourth-order valence-electron chi connectivity index (χ4n) is 3.70. The first-order valence-corrected chi connectivity index (χ1v) is 8.11. The van der Waals surface area contributed by atoms with E-state index in [9.17, 15) is 9.59 Å². The van der Waals surface area contributed by atoms with Crippen LogP contribution in [0, 0.1) is 0 Å². The van der Waals surface area contributed by atoms with E-state index in [0.29, 0.717) is 31.0 Å². The summed E-state index contributed by atoms with van der Waals surface area (Å²) in [7, 11) is 0. The van der Waals surface area contributed by atoms with Crippen molar-refractivity contribution < 1.29 is 9.59 Å². The molecule has 114 valence electrons. The summed E-state index contributed by atoms with van der Waals surface area (Å²) in [6, 6.07) is 1.00. The minimum absolute atomic E-state index is 0.153. The molecular weight excluding hydrogens is 252 g/mol. The van der Waals surface area contributed by atoms with Crippen LogP contribution in [0.1, 0.15) is 65.7 Å². The summed E-state index contributed by atoms with van der Waals surface area (Å²) in [5, 5.41) is 0. The molecule has 0 aromatic rings. The third kappa shape index (κ3) is 3.33. The molecule has 2 heterocycles. The Balaban J connectivity index is 1.83. The Morgan fingerprint density at radius 3 is 1.95 bits per heavy atom. The lowest BCUT2D eigenvalue weighted by molar-refractivity contribution is -0.141. The molecule has 2 unspecified atom stereocenters. The lowest BCUT2D eigenvalue weighted by atomic mass is 9.97. The van der Waals surface area contributed by atoms with Gasteiger partial charge in [-0.25, -0.2) is 0 Å². The Hall–Kier alpha value is -1.06. The first kappa shape index (κ1) is 15.3. The van der Waals surface area contributed by atoms with Crippen molar-refractivity contribution in [3.05, 3.63) is 0 Å². The maximum absolute atomic E-state index is 12.4. The zero-order valence-electron chi connectivity index (χ0n) is 13.1. The number of piperidine rings is 1.